The molecule has 31 heavy (non-hydrogen) atoms. The minimum atomic E-state index is -0.374. The Bertz CT molecular complexity index is 1170. The second kappa shape index (κ2) is 7.73. The first-order valence-electron chi connectivity index (χ1n) is 9.69. The zero-order valence-corrected chi connectivity index (χ0v) is 17.3. The van der Waals surface area contributed by atoms with Gasteiger partial charge in [0, 0.05) is 26.0 Å². The number of aromatic nitrogens is 2. The lowest BCUT2D eigenvalue weighted by molar-refractivity contribution is -0.118. The number of halogens is 2. The maximum atomic E-state index is 13.8. The molecule has 0 radical (unpaired) electrons. The highest BCUT2D eigenvalue weighted by atomic mass is 35.5. The number of aryl methyl sites for hydroxylation is 1. The van der Waals surface area contributed by atoms with Crippen molar-refractivity contribution in [1.29, 1.82) is 0 Å². The summed E-state index contributed by atoms with van der Waals surface area (Å²) in [4.78, 5) is 13.8. The SMILES string of the molecule is Cc1nnc(C[C@H]2COc3cc(F)ccc3N2Cc2cc(Cl)c3c(c2)NC(=O)CO3)o1. The first-order valence-corrected chi connectivity index (χ1v) is 10.1. The Labute approximate surface area is 181 Å². The number of rotatable bonds is 4. The predicted octanol–water partition coefficient (Wildman–Crippen LogP) is 3.51. The second-order valence-corrected chi connectivity index (χ2v) is 7.82. The maximum absolute atomic E-state index is 13.8. The number of hydrogen-bond acceptors (Lipinski definition) is 7. The Morgan fingerprint density at radius 3 is 2.94 bits per heavy atom. The topological polar surface area (TPSA) is 89.7 Å². The number of anilines is 2. The van der Waals surface area contributed by atoms with Crippen LogP contribution in [0.2, 0.25) is 5.02 Å². The summed E-state index contributed by atoms with van der Waals surface area (Å²) >= 11 is 6.40. The van der Waals surface area contributed by atoms with Crippen LogP contribution in [0.1, 0.15) is 17.3 Å². The number of nitrogens with zero attached hydrogens (tertiary/aromatic N) is 3. The van der Waals surface area contributed by atoms with Crippen LogP contribution in [0.3, 0.4) is 0 Å². The van der Waals surface area contributed by atoms with Crippen molar-refractivity contribution in [2.75, 3.05) is 23.4 Å². The van der Waals surface area contributed by atoms with Gasteiger partial charge in [0.25, 0.3) is 5.91 Å². The van der Waals surface area contributed by atoms with Gasteiger partial charge < -0.3 is 24.1 Å². The van der Waals surface area contributed by atoms with Crippen molar-refractivity contribution in [1.82, 2.24) is 10.2 Å². The molecule has 2 aliphatic heterocycles. The third-order valence-corrected chi connectivity index (χ3v) is 5.44. The van der Waals surface area contributed by atoms with E-state index in [4.69, 9.17) is 25.5 Å². The molecule has 5 rings (SSSR count). The van der Waals surface area contributed by atoms with Crippen LogP contribution >= 0.6 is 11.6 Å². The molecule has 8 nitrogen and oxygen atoms in total. The molecule has 1 N–H and O–H groups in total. The molecule has 1 amide bonds. The van der Waals surface area contributed by atoms with Crippen LogP contribution in [-0.4, -0.2) is 35.4 Å². The zero-order chi connectivity index (χ0) is 21.5. The fraction of sp³-hybridized carbons (Fsp3) is 0.286. The summed E-state index contributed by atoms with van der Waals surface area (Å²) < 4.78 is 30.6. The van der Waals surface area contributed by atoms with Gasteiger partial charge in [-0.1, -0.05) is 11.6 Å². The van der Waals surface area contributed by atoms with E-state index < -0.39 is 0 Å². The summed E-state index contributed by atoms with van der Waals surface area (Å²) in [5.74, 6) is 1.27. The van der Waals surface area contributed by atoms with Crippen LogP contribution in [0, 0.1) is 12.7 Å². The first kappa shape index (κ1) is 19.6. The average Bonchev–Trinajstić information content (AvgIpc) is 3.14. The van der Waals surface area contributed by atoms with Gasteiger partial charge in [0.15, 0.2) is 12.4 Å². The molecule has 1 atom stereocenters. The van der Waals surface area contributed by atoms with E-state index in [0.29, 0.717) is 53.6 Å². The molecule has 3 heterocycles. The van der Waals surface area contributed by atoms with Gasteiger partial charge in [-0.25, -0.2) is 4.39 Å². The molecule has 2 aliphatic rings. The molecule has 0 saturated carbocycles. The number of carbonyl (C=O) groups excluding carboxylic acids is 1. The van der Waals surface area contributed by atoms with Crippen molar-refractivity contribution in [3.05, 3.63) is 58.5 Å². The largest absolute Gasteiger partial charge is 0.489 e. The molecule has 0 aliphatic carbocycles. The van der Waals surface area contributed by atoms with Crippen LogP contribution in [-0.2, 0) is 17.8 Å². The molecule has 0 fully saturated rings. The normalized spacial score (nSPS) is 17.3. The summed E-state index contributed by atoms with van der Waals surface area (Å²) in [5.41, 5.74) is 2.11. The minimum Gasteiger partial charge on any atom is -0.489 e. The summed E-state index contributed by atoms with van der Waals surface area (Å²) in [5, 5.41) is 11.2. The van der Waals surface area contributed by atoms with Gasteiger partial charge in [-0.3, -0.25) is 4.79 Å². The van der Waals surface area contributed by atoms with Crippen LogP contribution in [0.25, 0.3) is 0 Å². The lowest BCUT2D eigenvalue weighted by atomic mass is 10.1. The van der Waals surface area contributed by atoms with Gasteiger partial charge in [-0.2, -0.15) is 0 Å². The average molecular weight is 445 g/mol. The van der Waals surface area contributed by atoms with Gasteiger partial charge in [-0.05, 0) is 29.8 Å². The molecule has 3 aromatic rings. The van der Waals surface area contributed by atoms with Gasteiger partial charge in [0.2, 0.25) is 11.8 Å². The predicted molar refractivity (Wildman–Crippen MR) is 110 cm³/mol. The highest BCUT2D eigenvalue weighted by Gasteiger charge is 2.30. The number of nitrogens with one attached hydrogen (secondary N) is 1. The fourth-order valence-corrected chi connectivity index (χ4v) is 4.12. The van der Waals surface area contributed by atoms with E-state index in [1.807, 2.05) is 6.07 Å². The third-order valence-electron chi connectivity index (χ3n) is 5.16. The van der Waals surface area contributed by atoms with E-state index in [2.05, 4.69) is 20.4 Å². The van der Waals surface area contributed by atoms with Crippen molar-refractivity contribution in [3.63, 3.8) is 0 Å². The molecule has 0 spiro atoms. The van der Waals surface area contributed by atoms with Crippen LogP contribution in [0.4, 0.5) is 15.8 Å². The third kappa shape index (κ3) is 3.88. The summed E-state index contributed by atoms with van der Waals surface area (Å²) in [6.45, 7) is 2.41. The minimum absolute atomic E-state index is 0.0693. The molecular formula is C21H18ClFN4O4. The number of carbonyl (C=O) groups is 1. The highest BCUT2D eigenvalue weighted by molar-refractivity contribution is 6.33. The molecule has 1 aromatic heterocycles. The van der Waals surface area contributed by atoms with Crippen molar-refractivity contribution >= 4 is 28.9 Å². The summed E-state index contributed by atoms with van der Waals surface area (Å²) in [7, 11) is 0. The second-order valence-electron chi connectivity index (χ2n) is 7.41. The van der Waals surface area contributed by atoms with Gasteiger partial charge in [0.1, 0.15) is 18.2 Å². The Kier molecular flexibility index (Phi) is 4.90. The molecule has 0 unspecified atom stereocenters. The number of fused-ring (bicyclic) bond motifs is 2. The van der Waals surface area contributed by atoms with E-state index in [1.165, 1.54) is 12.1 Å². The van der Waals surface area contributed by atoms with Crippen molar-refractivity contribution in [2.45, 2.75) is 25.9 Å². The van der Waals surface area contributed by atoms with Crippen LogP contribution in [0.15, 0.2) is 34.7 Å². The Morgan fingerprint density at radius 1 is 1.26 bits per heavy atom. The number of benzene rings is 2. The van der Waals surface area contributed by atoms with Crippen LogP contribution < -0.4 is 19.7 Å². The highest BCUT2D eigenvalue weighted by Crippen LogP contribution is 2.40. The zero-order valence-electron chi connectivity index (χ0n) is 16.5. The van der Waals surface area contributed by atoms with Crippen LogP contribution in [0.5, 0.6) is 11.5 Å². The standard InChI is InChI=1S/C21H18ClFN4O4/c1-11-25-26-20(31-11)7-14-9-29-18-6-13(23)2-3-17(18)27(14)8-12-4-15(22)21-16(5-12)24-19(28)10-30-21/h2-6,14H,7-10H2,1H3,(H,24,28)/t14-/m0/s1. The molecular weight excluding hydrogens is 427 g/mol. The van der Waals surface area contributed by atoms with Crippen molar-refractivity contribution in [2.24, 2.45) is 0 Å². The monoisotopic (exact) mass is 444 g/mol. The number of ether oxygens (including phenoxy) is 2. The van der Waals surface area contributed by atoms with Gasteiger partial charge >= 0.3 is 0 Å². The van der Waals surface area contributed by atoms with Gasteiger partial charge in [-0.15, -0.1) is 10.2 Å². The van der Waals surface area contributed by atoms with E-state index in [-0.39, 0.29) is 24.4 Å². The van der Waals surface area contributed by atoms with E-state index >= 15 is 0 Å². The van der Waals surface area contributed by atoms with Gasteiger partial charge in [0.05, 0.1) is 22.4 Å². The smallest absolute Gasteiger partial charge is 0.262 e. The van der Waals surface area contributed by atoms with E-state index in [1.54, 1.807) is 19.1 Å². The molecule has 0 saturated heterocycles. The number of hydrogen-bond donors (Lipinski definition) is 1. The molecule has 2 aromatic carbocycles. The Hall–Kier alpha value is -3.33. The van der Waals surface area contributed by atoms with E-state index in [9.17, 15) is 9.18 Å². The Balaban J connectivity index is 1.49. The molecule has 10 heteroatoms. The maximum Gasteiger partial charge on any atom is 0.262 e. The van der Waals surface area contributed by atoms with Crippen molar-refractivity contribution < 1.29 is 23.1 Å². The number of amides is 1. The quantitative estimate of drug-likeness (QED) is 0.658. The summed E-state index contributed by atoms with van der Waals surface area (Å²) in [6.07, 6.45) is 0.455. The first-order chi connectivity index (χ1) is 15.0. The molecule has 0 bridgehead atoms. The summed E-state index contributed by atoms with van der Waals surface area (Å²) in [6, 6.07) is 7.92. The lowest BCUT2D eigenvalue weighted by Crippen LogP contribution is -2.44. The Morgan fingerprint density at radius 2 is 2.13 bits per heavy atom. The molecule has 160 valence electrons. The lowest BCUT2D eigenvalue weighted by Gasteiger charge is -2.38. The van der Waals surface area contributed by atoms with E-state index in [0.717, 1.165) is 11.3 Å². The van der Waals surface area contributed by atoms with Crippen molar-refractivity contribution in [3.8, 4) is 11.5 Å². The fourth-order valence-electron chi connectivity index (χ4n) is 3.82.